The molecule has 14 nitrogen and oxygen atoms in total. The van der Waals surface area contributed by atoms with Crippen LogP contribution in [0.4, 0.5) is 4.79 Å². The lowest BCUT2D eigenvalue weighted by molar-refractivity contribution is -0.280. The van der Waals surface area contributed by atoms with Crippen LogP contribution in [0.15, 0.2) is 66.7 Å². The van der Waals surface area contributed by atoms with Gasteiger partial charge in [-0.1, -0.05) is 36.4 Å². The predicted molar refractivity (Wildman–Crippen MR) is 158 cm³/mol. The fourth-order valence-electron chi connectivity index (χ4n) is 4.98. The van der Waals surface area contributed by atoms with Crippen molar-refractivity contribution in [1.82, 2.24) is 9.88 Å². The smallest absolute Gasteiger partial charge is 0.412 e. The number of aromatic nitrogens is 1. The number of methoxy groups -OCH3 is 1. The Hall–Kier alpha value is -4.60. The minimum Gasteiger partial charge on any atom is -0.493 e. The van der Waals surface area contributed by atoms with Crippen LogP contribution in [0.1, 0.15) is 4.11 Å². The molecule has 3 aromatic carbocycles. The van der Waals surface area contributed by atoms with Gasteiger partial charge in [-0.2, -0.15) is 0 Å². The lowest BCUT2D eigenvalue weighted by Crippen LogP contribution is -2.61. The van der Waals surface area contributed by atoms with Crippen molar-refractivity contribution < 1.29 is 62.9 Å². The summed E-state index contributed by atoms with van der Waals surface area (Å²) < 4.78 is 48.9. The van der Waals surface area contributed by atoms with E-state index in [9.17, 15) is 35.1 Å². The van der Waals surface area contributed by atoms with Crippen LogP contribution >= 0.6 is 0 Å². The first-order valence-corrected chi connectivity index (χ1v) is 13.9. The summed E-state index contributed by atoms with van der Waals surface area (Å²) in [6.07, 6.45) is -12.6. The minimum absolute atomic E-state index is 0.0464. The topological polar surface area (TPSA) is 200 Å². The van der Waals surface area contributed by atoms with Crippen LogP contribution in [0, 0.1) is 0 Å². The molecule has 1 fully saturated rings. The number of benzene rings is 3. The molecule has 0 spiro atoms. The highest BCUT2D eigenvalue weighted by Gasteiger charge is 2.49. The number of H-pyrrole nitrogens is 1. The van der Waals surface area contributed by atoms with Crippen molar-refractivity contribution in [1.29, 1.82) is 0 Å². The van der Waals surface area contributed by atoms with Gasteiger partial charge in [-0.3, -0.25) is 0 Å². The molecule has 1 aliphatic heterocycles. The molecule has 5 rings (SSSR count). The van der Waals surface area contributed by atoms with Gasteiger partial charge in [-0.25, -0.2) is 9.59 Å². The Labute approximate surface area is 261 Å². The van der Waals surface area contributed by atoms with Crippen LogP contribution < -0.4 is 14.2 Å². The Morgan fingerprint density at radius 3 is 2.42 bits per heavy atom. The van der Waals surface area contributed by atoms with Gasteiger partial charge < -0.3 is 59.1 Å². The Morgan fingerprint density at radius 1 is 0.933 bits per heavy atom. The average molecular weight is 630 g/mol. The van der Waals surface area contributed by atoms with Crippen LogP contribution in [0.2, 0.25) is 0 Å². The number of ether oxygens (including phenoxy) is 5. The summed E-state index contributed by atoms with van der Waals surface area (Å²) in [4.78, 5) is 29.1. The first kappa shape index (κ1) is 27.9. The zero-order valence-electron chi connectivity index (χ0n) is 26.7. The molecule has 6 atom stereocenters. The number of fused-ring (bicyclic) bond motifs is 3. The fourth-order valence-corrected chi connectivity index (χ4v) is 4.98. The van der Waals surface area contributed by atoms with E-state index in [1.807, 2.05) is 30.3 Å². The largest absolute Gasteiger partial charge is 0.493 e. The van der Waals surface area contributed by atoms with Gasteiger partial charge in [0.2, 0.25) is 6.29 Å². The fraction of sp³-hybridized carbons (Fsp3) is 0.355. The van der Waals surface area contributed by atoms with Crippen molar-refractivity contribution in [3.63, 3.8) is 0 Å². The quantitative estimate of drug-likeness (QED) is 0.132. The molecule has 1 amide bonds. The number of aromatic amines is 1. The number of amides is 1. The summed E-state index contributed by atoms with van der Waals surface area (Å²) in [6.45, 7) is -1.26. The Balaban J connectivity index is 1.30. The first-order chi connectivity index (χ1) is 22.8. The number of carbonyl (C=O) groups is 2. The minimum atomic E-state index is -2.76. The maximum Gasteiger partial charge on any atom is 0.412 e. The number of carboxylic acids is 1. The second kappa shape index (κ2) is 14.0. The number of hydrogen-bond donors (Lipinski definition) is 6. The lowest BCUT2D eigenvalue weighted by Gasteiger charge is -2.38. The van der Waals surface area contributed by atoms with Gasteiger partial charge in [0.1, 0.15) is 43.4 Å². The molecule has 14 heteroatoms. The van der Waals surface area contributed by atoms with E-state index in [4.69, 9.17) is 27.8 Å². The van der Waals surface area contributed by atoms with E-state index >= 15 is 0 Å². The second-order valence-electron chi connectivity index (χ2n) is 10.3. The third-order valence-corrected chi connectivity index (χ3v) is 7.22. The van der Waals surface area contributed by atoms with E-state index in [1.54, 1.807) is 18.2 Å². The van der Waals surface area contributed by atoms with E-state index in [-0.39, 0.29) is 31.3 Å². The summed E-state index contributed by atoms with van der Waals surface area (Å²) in [7, 11) is -2.76. The number of aliphatic hydroxyl groups is 4. The standard InChI is InChI=1S/C31H34N2O12/c1-41-21-10-4-5-11-22(21)42-14-13-33(31(40)45-30-27(37)25(35)26(36)28(44-30)29(38)39)15-17(34)16-43-23-12-6-9-20-24(23)18-7-2-3-8-19(18)32-20/h2-12,17,25-28,30,32,34-37H,13-16H2,1H3,(H,38,39)/t17?,25-,26-,27+,28-,30-/m0/s1/i1D3. The number of rotatable bonds is 12. The van der Waals surface area contributed by atoms with Crippen LogP contribution in [-0.4, -0.2) is 118 Å². The maximum atomic E-state index is 13.3. The molecule has 1 unspecified atom stereocenters. The van der Waals surface area contributed by atoms with Crippen molar-refractivity contribution in [2.75, 3.05) is 33.3 Å². The van der Waals surface area contributed by atoms with Crippen molar-refractivity contribution in [2.45, 2.75) is 36.8 Å². The van der Waals surface area contributed by atoms with Gasteiger partial charge in [0.05, 0.1) is 29.8 Å². The first-order valence-electron chi connectivity index (χ1n) is 15.4. The highest BCUT2D eigenvalue weighted by Crippen LogP contribution is 2.33. The number of nitrogens with zero attached hydrogens (tertiary/aromatic N) is 1. The van der Waals surface area contributed by atoms with Crippen LogP contribution in [0.5, 0.6) is 17.2 Å². The number of nitrogens with one attached hydrogen (secondary N) is 1. The normalized spacial score (nSPS) is 23.4. The number of carboxylic acid groups (broad SMARTS) is 1. The van der Waals surface area contributed by atoms with E-state index in [2.05, 4.69) is 4.98 Å². The molecular formula is C31H34N2O12. The summed E-state index contributed by atoms with van der Waals surface area (Å²) in [6, 6.07) is 18.9. The van der Waals surface area contributed by atoms with Crippen molar-refractivity contribution in [3.05, 3.63) is 66.7 Å². The van der Waals surface area contributed by atoms with E-state index in [0.717, 1.165) is 26.7 Å². The molecule has 2 heterocycles. The van der Waals surface area contributed by atoms with Crippen molar-refractivity contribution >= 4 is 33.9 Å². The Morgan fingerprint density at radius 2 is 1.64 bits per heavy atom. The number of aliphatic carboxylic acids is 1. The number of hydrogen-bond acceptors (Lipinski definition) is 11. The summed E-state index contributed by atoms with van der Waals surface area (Å²) in [5.74, 6) is -1.24. The van der Waals surface area contributed by atoms with E-state index < -0.39 is 62.5 Å². The van der Waals surface area contributed by atoms with Gasteiger partial charge in [-0.05, 0) is 30.3 Å². The third-order valence-electron chi connectivity index (χ3n) is 7.22. The highest BCUT2D eigenvalue weighted by atomic mass is 16.7. The SMILES string of the molecule is [2H]C([2H])([2H])Oc1ccccc1OCCN(CC(O)COc1cccc2[nH]c3ccccc3c12)C(=O)O[C@@H]1O[C@H](C(=O)O)[C@@H](O)[C@H](O)[C@H]1O. The maximum absolute atomic E-state index is 13.3. The van der Waals surface area contributed by atoms with Crippen molar-refractivity contribution in [2.24, 2.45) is 0 Å². The molecular weight excluding hydrogens is 592 g/mol. The van der Waals surface area contributed by atoms with Gasteiger partial charge >= 0.3 is 12.1 Å². The highest BCUT2D eigenvalue weighted by molar-refractivity contribution is 6.10. The zero-order valence-corrected chi connectivity index (χ0v) is 23.7. The average Bonchev–Trinajstić information content (AvgIpc) is 3.43. The Bertz CT molecular complexity index is 1730. The molecule has 0 bridgehead atoms. The summed E-state index contributed by atoms with van der Waals surface area (Å²) in [5.41, 5.74) is 1.70. The molecule has 240 valence electrons. The summed E-state index contributed by atoms with van der Waals surface area (Å²) >= 11 is 0. The number of para-hydroxylation sites is 3. The number of carbonyl (C=O) groups excluding carboxylic acids is 1. The second-order valence-corrected chi connectivity index (χ2v) is 10.3. The summed E-state index contributed by atoms with van der Waals surface area (Å²) in [5, 5.41) is 52.4. The molecule has 0 aliphatic carbocycles. The van der Waals surface area contributed by atoms with Gasteiger partial charge in [0.25, 0.3) is 0 Å². The molecule has 1 aliphatic rings. The van der Waals surface area contributed by atoms with Crippen LogP contribution in [0.3, 0.4) is 0 Å². The molecule has 0 saturated carbocycles. The Kier molecular flexibility index (Phi) is 8.69. The molecule has 1 saturated heterocycles. The van der Waals surface area contributed by atoms with Gasteiger partial charge in [0.15, 0.2) is 17.6 Å². The zero-order chi connectivity index (χ0) is 34.6. The molecule has 6 N–H and O–H groups in total. The molecule has 1 aromatic heterocycles. The molecule has 4 aromatic rings. The monoisotopic (exact) mass is 629 g/mol. The third kappa shape index (κ3) is 7.05. The van der Waals surface area contributed by atoms with E-state index in [0.29, 0.717) is 5.75 Å². The van der Waals surface area contributed by atoms with Gasteiger partial charge in [0, 0.05) is 16.3 Å². The van der Waals surface area contributed by atoms with E-state index in [1.165, 1.54) is 18.2 Å². The molecule has 45 heavy (non-hydrogen) atoms. The van der Waals surface area contributed by atoms with Crippen molar-refractivity contribution in [3.8, 4) is 17.2 Å². The van der Waals surface area contributed by atoms with Crippen LogP contribution in [0.25, 0.3) is 21.8 Å². The van der Waals surface area contributed by atoms with Gasteiger partial charge in [-0.15, -0.1) is 0 Å². The lowest BCUT2D eigenvalue weighted by atomic mass is 9.99. The number of aliphatic hydroxyl groups excluding tert-OH is 4. The van der Waals surface area contributed by atoms with Crippen LogP contribution in [-0.2, 0) is 14.3 Å². The molecule has 0 radical (unpaired) electrons. The predicted octanol–water partition coefficient (Wildman–Crippen LogP) is 1.48.